The monoisotopic (exact) mass is 228 g/mol. The fraction of sp³-hybridized carbons (Fsp3) is 0.800. The van der Waals surface area contributed by atoms with E-state index in [4.69, 9.17) is 10.9 Å². The molecule has 1 fully saturated rings. The molecule has 0 heterocycles. The summed E-state index contributed by atoms with van der Waals surface area (Å²) in [6.07, 6.45) is 2.77. The summed E-state index contributed by atoms with van der Waals surface area (Å²) in [5.41, 5.74) is 5.48. The number of nitrogens with one attached hydrogen (secondary N) is 2. The van der Waals surface area contributed by atoms with Crippen molar-refractivity contribution in [3.63, 3.8) is 0 Å². The number of nitrogens with two attached hydrogens (primary N) is 1. The largest absolute Gasteiger partial charge is 0.409 e. The van der Waals surface area contributed by atoms with Gasteiger partial charge in [0.05, 0.1) is 6.04 Å². The Kier molecular flexibility index (Phi) is 5.04. The van der Waals surface area contributed by atoms with Crippen molar-refractivity contribution < 1.29 is 10.0 Å². The van der Waals surface area contributed by atoms with Gasteiger partial charge in [-0.2, -0.15) is 0 Å². The molecule has 16 heavy (non-hydrogen) atoms. The van der Waals surface area contributed by atoms with Gasteiger partial charge in [-0.1, -0.05) is 12.1 Å². The molecule has 1 saturated carbocycles. The van der Waals surface area contributed by atoms with Gasteiger partial charge in [-0.05, 0) is 19.3 Å². The van der Waals surface area contributed by atoms with Gasteiger partial charge in [-0.25, -0.2) is 0 Å². The molecule has 1 rings (SSSR count). The van der Waals surface area contributed by atoms with Crippen LogP contribution < -0.4 is 16.4 Å². The highest BCUT2D eigenvalue weighted by Crippen LogP contribution is 2.28. The van der Waals surface area contributed by atoms with Crippen LogP contribution in [0.25, 0.3) is 0 Å². The lowest BCUT2D eigenvalue weighted by Gasteiger charge is -2.15. The van der Waals surface area contributed by atoms with Crippen LogP contribution in [0, 0.1) is 5.92 Å². The average Bonchev–Trinajstić information content (AvgIpc) is 3.12. The molecule has 0 aromatic heterocycles. The van der Waals surface area contributed by atoms with Gasteiger partial charge in [0.2, 0.25) is 5.91 Å². The second kappa shape index (κ2) is 6.32. The third-order valence-electron chi connectivity index (χ3n) is 2.64. The molecule has 1 atom stereocenters. The number of hydrogen-bond acceptors (Lipinski definition) is 4. The van der Waals surface area contributed by atoms with E-state index in [1.165, 1.54) is 0 Å². The van der Waals surface area contributed by atoms with Gasteiger partial charge in [-0.15, -0.1) is 0 Å². The summed E-state index contributed by atoms with van der Waals surface area (Å²) in [6.45, 7) is 3.14. The first-order chi connectivity index (χ1) is 7.69. The summed E-state index contributed by atoms with van der Waals surface area (Å²) in [4.78, 5) is 11.3. The maximum atomic E-state index is 11.3. The molecular formula is C10H20N4O2. The molecule has 1 aliphatic rings. The van der Waals surface area contributed by atoms with E-state index in [1.807, 2.05) is 6.92 Å². The van der Waals surface area contributed by atoms with Crippen LogP contribution in [0.4, 0.5) is 0 Å². The molecule has 5 N–H and O–H groups in total. The lowest BCUT2D eigenvalue weighted by molar-refractivity contribution is -0.122. The van der Waals surface area contributed by atoms with Gasteiger partial charge in [0.15, 0.2) is 5.84 Å². The molecule has 1 unspecified atom stereocenters. The van der Waals surface area contributed by atoms with Crippen molar-refractivity contribution in [1.29, 1.82) is 0 Å². The van der Waals surface area contributed by atoms with E-state index >= 15 is 0 Å². The molecule has 6 heteroatoms. The standard InChI is InChI=1S/C10H20N4O2/c1-2-8(9(11)14-16)12-5-6-13-10(15)7-3-4-7/h7-8,12,16H,2-6H2,1H3,(H2,11,14)(H,13,15). The van der Waals surface area contributed by atoms with Crippen LogP contribution >= 0.6 is 0 Å². The number of oxime groups is 1. The molecule has 0 aromatic rings. The number of amides is 1. The van der Waals surface area contributed by atoms with Gasteiger partial charge in [0.25, 0.3) is 0 Å². The highest BCUT2D eigenvalue weighted by molar-refractivity contribution is 5.85. The Labute approximate surface area is 95.3 Å². The van der Waals surface area contributed by atoms with Gasteiger partial charge >= 0.3 is 0 Å². The van der Waals surface area contributed by atoms with Crippen molar-refractivity contribution in [2.45, 2.75) is 32.2 Å². The first-order valence-electron chi connectivity index (χ1n) is 5.67. The fourth-order valence-electron chi connectivity index (χ4n) is 1.45. The third-order valence-corrected chi connectivity index (χ3v) is 2.64. The summed E-state index contributed by atoms with van der Waals surface area (Å²) in [6, 6.07) is -0.136. The minimum atomic E-state index is -0.136. The summed E-state index contributed by atoms with van der Waals surface area (Å²) >= 11 is 0. The van der Waals surface area contributed by atoms with Crippen LogP contribution in [0.15, 0.2) is 5.16 Å². The third kappa shape index (κ3) is 4.06. The molecule has 0 aliphatic heterocycles. The minimum absolute atomic E-state index is 0.136. The lowest BCUT2D eigenvalue weighted by atomic mass is 10.2. The zero-order valence-corrected chi connectivity index (χ0v) is 9.57. The lowest BCUT2D eigenvalue weighted by Crippen LogP contribution is -2.44. The van der Waals surface area contributed by atoms with Crippen LogP contribution in [0.1, 0.15) is 26.2 Å². The van der Waals surface area contributed by atoms with Gasteiger partial charge in [0.1, 0.15) is 0 Å². The molecule has 0 bridgehead atoms. The zero-order chi connectivity index (χ0) is 12.0. The van der Waals surface area contributed by atoms with Crippen molar-refractivity contribution in [3.8, 4) is 0 Å². The smallest absolute Gasteiger partial charge is 0.223 e. The number of carbonyl (C=O) groups excluding carboxylic acids is 1. The average molecular weight is 228 g/mol. The summed E-state index contributed by atoms with van der Waals surface area (Å²) < 4.78 is 0. The predicted octanol–water partition coefficient (Wildman–Crippen LogP) is -0.373. The Hall–Kier alpha value is -1.30. The van der Waals surface area contributed by atoms with E-state index in [0.717, 1.165) is 19.3 Å². The molecule has 92 valence electrons. The topological polar surface area (TPSA) is 99.7 Å². The second-order valence-electron chi connectivity index (χ2n) is 4.01. The highest BCUT2D eigenvalue weighted by atomic mass is 16.4. The van der Waals surface area contributed by atoms with Crippen molar-refractivity contribution >= 4 is 11.7 Å². The maximum absolute atomic E-state index is 11.3. The van der Waals surface area contributed by atoms with Crippen molar-refractivity contribution in [2.75, 3.05) is 13.1 Å². The molecule has 0 saturated heterocycles. The molecule has 0 aromatic carbocycles. The number of hydrogen-bond donors (Lipinski definition) is 4. The summed E-state index contributed by atoms with van der Waals surface area (Å²) in [7, 11) is 0. The first-order valence-corrected chi connectivity index (χ1v) is 5.67. The molecule has 1 amide bonds. The Morgan fingerprint density at radius 2 is 2.25 bits per heavy atom. The number of carbonyl (C=O) groups is 1. The molecular weight excluding hydrogens is 208 g/mol. The van der Waals surface area contributed by atoms with E-state index in [-0.39, 0.29) is 23.7 Å². The van der Waals surface area contributed by atoms with Gasteiger partial charge < -0.3 is 21.6 Å². The van der Waals surface area contributed by atoms with Crippen molar-refractivity contribution in [1.82, 2.24) is 10.6 Å². The quantitative estimate of drug-likeness (QED) is 0.157. The summed E-state index contributed by atoms with van der Waals surface area (Å²) in [5, 5.41) is 17.4. The normalized spacial score (nSPS) is 18.2. The predicted molar refractivity (Wildman–Crippen MR) is 61.2 cm³/mol. The fourth-order valence-corrected chi connectivity index (χ4v) is 1.45. The van der Waals surface area contributed by atoms with E-state index in [1.54, 1.807) is 0 Å². The highest BCUT2D eigenvalue weighted by Gasteiger charge is 2.28. The molecule has 0 radical (unpaired) electrons. The van der Waals surface area contributed by atoms with Crippen LogP contribution in [-0.4, -0.2) is 36.1 Å². The Balaban J connectivity index is 2.10. The Morgan fingerprint density at radius 1 is 1.56 bits per heavy atom. The van der Waals surface area contributed by atoms with Crippen molar-refractivity contribution in [3.05, 3.63) is 0 Å². The number of amidine groups is 1. The maximum Gasteiger partial charge on any atom is 0.223 e. The van der Waals surface area contributed by atoms with Crippen LogP contribution in [0.2, 0.25) is 0 Å². The van der Waals surface area contributed by atoms with Crippen LogP contribution in [-0.2, 0) is 4.79 Å². The van der Waals surface area contributed by atoms with E-state index in [2.05, 4.69) is 15.8 Å². The Morgan fingerprint density at radius 3 is 2.75 bits per heavy atom. The van der Waals surface area contributed by atoms with Crippen molar-refractivity contribution in [2.24, 2.45) is 16.8 Å². The molecule has 1 aliphatic carbocycles. The number of rotatable bonds is 7. The zero-order valence-electron chi connectivity index (χ0n) is 9.57. The minimum Gasteiger partial charge on any atom is -0.409 e. The Bertz CT molecular complexity index is 264. The van der Waals surface area contributed by atoms with Crippen LogP contribution in [0.3, 0.4) is 0 Å². The van der Waals surface area contributed by atoms with Crippen LogP contribution in [0.5, 0.6) is 0 Å². The van der Waals surface area contributed by atoms with E-state index in [9.17, 15) is 4.79 Å². The first kappa shape index (κ1) is 12.8. The molecule has 6 nitrogen and oxygen atoms in total. The van der Waals surface area contributed by atoms with Gasteiger partial charge in [0, 0.05) is 19.0 Å². The van der Waals surface area contributed by atoms with E-state index in [0.29, 0.717) is 13.1 Å². The van der Waals surface area contributed by atoms with Gasteiger partial charge in [-0.3, -0.25) is 4.79 Å². The summed E-state index contributed by atoms with van der Waals surface area (Å²) in [5.74, 6) is 0.556. The second-order valence-corrected chi connectivity index (χ2v) is 4.01. The van der Waals surface area contributed by atoms with E-state index < -0.39 is 0 Å². The number of nitrogens with zero attached hydrogens (tertiary/aromatic N) is 1. The molecule has 0 spiro atoms. The SMILES string of the molecule is CCC(NCCNC(=O)C1CC1)C(N)=NO.